The molecule has 4 nitrogen and oxygen atoms in total. The molecule has 0 aromatic carbocycles. The number of aliphatic hydroxyl groups is 1. The molecule has 2 fully saturated rings. The molecule has 4 heterocycles. The van der Waals surface area contributed by atoms with Crippen molar-refractivity contribution in [3.8, 4) is 0 Å². The molecule has 1 aromatic heterocycles. The summed E-state index contributed by atoms with van der Waals surface area (Å²) in [6.45, 7) is 2.58. The quantitative estimate of drug-likeness (QED) is 0.761. The Labute approximate surface area is 112 Å². The molecule has 102 valence electrons. The van der Waals surface area contributed by atoms with E-state index >= 15 is 0 Å². The van der Waals surface area contributed by atoms with E-state index in [4.69, 9.17) is 0 Å². The summed E-state index contributed by atoms with van der Waals surface area (Å²) in [5.74, 6) is 0.616. The fraction of sp³-hybridized carbons (Fsp3) is 0.667. The third-order valence-electron chi connectivity index (χ3n) is 5.34. The number of hydrogen-bond donors (Lipinski definition) is 1. The van der Waals surface area contributed by atoms with E-state index in [1.165, 1.54) is 6.42 Å². The molecule has 0 spiro atoms. The van der Waals surface area contributed by atoms with Gasteiger partial charge < -0.3 is 9.67 Å². The van der Waals surface area contributed by atoms with E-state index in [-0.39, 0.29) is 11.5 Å². The van der Waals surface area contributed by atoms with Gasteiger partial charge in [0.2, 0.25) is 0 Å². The molecule has 0 amide bonds. The lowest BCUT2D eigenvalue weighted by molar-refractivity contribution is -0.202. The van der Waals surface area contributed by atoms with Gasteiger partial charge in [-0.25, -0.2) is 0 Å². The second-order valence-corrected chi connectivity index (χ2v) is 6.31. The summed E-state index contributed by atoms with van der Waals surface area (Å²) in [6.07, 6.45) is 4.17. The van der Waals surface area contributed by atoms with Crippen LogP contribution in [0.5, 0.6) is 0 Å². The summed E-state index contributed by atoms with van der Waals surface area (Å²) in [7, 11) is 0. The molecule has 0 radical (unpaired) electrons. The van der Waals surface area contributed by atoms with Crippen LogP contribution in [0.25, 0.3) is 0 Å². The van der Waals surface area contributed by atoms with Crippen molar-refractivity contribution in [1.29, 1.82) is 0 Å². The van der Waals surface area contributed by atoms with E-state index in [2.05, 4.69) is 11.0 Å². The number of aromatic nitrogens is 1. The van der Waals surface area contributed by atoms with Crippen LogP contribution in [0.15, 0.2) is 23.0 Å². The maximum Gasteiger partial charge on any atom is 0.250 e. The summed E-state index contributed by atoms with van der Waals surface area (Å²) in [5.41, 5.74) is 0.582. The van der Waals surface area contributed by atoms with Gasteiger partial charge in [0.05, 0.1) is 0 Å². The minimum Gasteiger partial charge on any atom is -0.375 e. The molecule has 4 heteroatoms. The first-order valence-corrected chi connectivity index (χ1v) is 7.36. The van der Waals surface area contributed by atoms with Gasteiger partial charge >= 0.3 is 0 Å². The van der Waals surface area contributed by atoms with Gasteiger partial charge in [-0.15, -0.1) is 0 Å². The van der Waals surface area contributed by atoms with Crippen LogP contribution in [0.4, 0.5) is 0 Å². The number of pyridine rings is 1. The second kappa shape index (κ2) is 3.93. The Morgan fingerprint density at radius 1 is 1.26 bits per heavy atom. The van der Waals surface area contributed by atoms with Crippen LogP contribution in [0, 0.1) is 5.92 Å². The number of fused-ring (bicyclic) bond motifs is 6. The fourth-order valence-electron chi connectivity index (χ4n) is 4.37. The van der Waals surface area contributed by atoms with Gasteiger partial charge in [-0.1, -0.05) is 6.07 Å². The van der Waals surface area contributed by atoms with Crippen molar-refractivity contribution >= 4 is 0 Å². The Morgan fingerprint density at radius 2 is 2.16 bits per heavy atom. The van der Waals surface area contributed by atoms with Crippen LogP contribution in [-0.4, -0.2) is 33.4 Å². The van der Waals surface area contributed by atoms with Crippen molar-refractivity contribution in [1.82, 2.24) is 9.47 Å². The third-order valence-corrected chi connectivity index (χ3v) is 5.34. The largest absolute Gasteiger partial charge is 0.375 e. The highest BCUT2D eigenvalue weighted by Crippen LogP contribution is 2.46. The van der Waals surface area contributed by atoms with E-state index < -0.39 is 5.72 Å². The van der Waals surface area contributed by atoms with Crippen LogP contribution in [-0.2, 0) is 6.54 Å². The highest BCUT2D eigenvalue weighted by molar-refractivity contribution is 5.19. The van der Waals surface area contributed by atoms with Crippen LogP contribution in [0.3, 0.4) is 0 Å². The molecule has 1 aromatic rings. The van der Waals surface area contributed by atoms with E-state index in [1.54, 1.807) is 6.07 Å². The maximum absolute atomic E-state index is 12.0. The van der Waals surface area contributed by atoms with Crippen molar-refractivity contribution in [2.45, 2.75) is 43.9 Å². The molecule has 2 saturated heterocycles. The summed E-state index contributed by atoms with van der Waals surface area (Å²) >= 11 is 0. The number of rotatable bonds is 0. The molecule has 4 rings (SSSR count). The van der Waals surface area contributed by atoms with Crippen molar-refractivity contribution in [2.24, 2.45) is 5.92 Å². The topological polar surface area (TPSA) is 45.5 Å². The molecule has 0 unspecified atom stereocenters. The number of piperidine rings is 2. The normalized spacial score (nSPS) is 37.5. The minimum atomic E-state index is -0.665. The zero-order valence-electron chi connectivity index (χ0n) is 11.1. The van der Waals surface area contributed by atoms with Gasteiger partial charge in [-0.05, 0) is 31.7 Å². The Morgan fingerprint density at radius 3 is 3.05 bits per heavy atom. The smallest absolute Gasteiger partial charge is 0.250 e. The molecule has 0 saturated carbocycles. The van der Waals surface area contributed by atoms with E-state index in [1.807, 2.05) is 10.6 Å². The molecule has 3 aliphatic rings. The van der Waals surface area contributed by atoms with Crippen LogP contribution < -0.4 is 5.56 Å². The predicted octanol–water partition coefficient (Wildman–Crippen LogP) is 1.14. The number of hydrogen-bond acceptors (Lipinski definition) is 3. The van der Waals surface area contributed by atoms with Crippen LogP contribution in [0.1, 0.15) is 37.3 Å². The Hall–Kier alpha value is -1.13. The lowest BCUT2D eigenvalue weighted by Crippen LogP contribution is -2.63. The van der Waals surface area contributed by atoms with E-state index in [0.29, 0.717) is 12.5 Å². The van der Waals surface area contributed by atoms with E-state index in [9.17, 15) is 9.90 Å². The predicted molar refractivity (Wildman–Crippen MR) is 71.9 cm³/mol. The molecule has 1 N–H and O–H groups in total. The summed E-state index contributed by atoms with van der Waals surface area (Å²) < 4.78 is 1.89. The van der Waals surface area contributed by atoms with Gasteiger partial charge in [0, 0.05) is 43.2 Å². The highest BCUT2D eigenvalue weighted by atomic mass is 16.3. The van der Waals surface area contributed by atoms with Gasteiger partial charge in [-0.2, -0.15) is 0 Å². The first-order valence-electron chi connectivity index (χ1n) is 7.36. The van der Waals surface area contributed by atoms with Crippen LogP contribution >= 0.6 is 0 Å². The van der Waals surface area contributed by atoms with Crippen LogP contribution in [0.2, 0.25) is 0 Å². The first-order chi connectivity index (χ1) is 9.18. The first kappa shape index (κ1) is 11.7. The molecule has 19 heavy (non-hydrogen) atoms. The molecule has 3 aliphatic heterocycles. The van der Waals surface area contributed by atoms with Gasteiger partial charge in [-0.3, -0.25) is 9.69 Å². The fourth-order valence-corrected chi connectivity index (χ4v) is 4.37. The zero-order chi connectivity index (χ0) is 13.0. The lowest BCUT2D eigenvalue weighted by atomic mass is 9.73. The van der Waals surface area contributed by atoms with Crippen molar-refractivity contribution in [2.75, 3.05) is 13.1 Å². The lowest BCUT2D eigenvalue weighted by Gasteiger charge is -2.55. The van der Waals surface area contributed by atoms with Gasteiger partial charge in [0.25, 0.3) is 5.56 Å². The van der Waals surface area contributed by atoms with Crippen molar-refractivity contribution in [3.05, 3.63) is 34.2 Å². The van der Waals surface area contributed by atoms with Crippen molar-refractivity contribution in [3.63, 3.8) is 0 Å². The average molecular weight is 260 g/mol. The van der Waals surface area contributed by atoms with Gasteiger partial charge in [0.1, 0.15) is 5.72 Å². The second-order valence-electron chi connectivity index (χ2n) is 6.31. The Kier molecular flexibility index (Phi) is 2.42. The molecular formula is C15H20N2O2. The Bertz CT molecular complexity index is 568. The monoisotopic (exact) mass is 260 g/mol. The minimum absolute atomic E-state index is 0.0834. The summed E-state index contributed by atoms with van der Waals surface area (Å²) in [5, 5.41) is 11.0. The maximum atomic E-state index is 12.0. The highest BCUT2D eigenvalue weighted by Gasteiger charge is 2.51. The number of nitrogens with zero attached hydrogens (tertiary/aromatic N) is 2. The third kappa shape index (κ3) is 1.56. The van der Waals surface area contributed by atoms with Crippen molar-refractivity contribution < 1.29 is 5.11 Å². The average Bonchev–Trinajstić information content (AvgIpc) is 2.41. The zero-order valence-corrected chi connectivity index (χ0v) is 11.1. The Balaban J connectivity index is 1.80. The standard InChI is InChI=1S/C15H20N2O2/c18-14-5-3-4-13-11-8-12(10-17(13)14)15(19)6-1-2-7-16(15)9-11/h3-5,11-12,19H,1-2,6-10H2/t11-,12-,15-/m0/s1. The summed E-state index contributed by atoms with van der Waals surface area (Å²) in [6, 6.07) is 5.58. The molecule has 2 bridgehead atoms. The summed E-state index contributed by atoms with van der Waals surface area (Å²) in [4.78, 5) is 14.3. The molecule has 0 aliphatic carbocycles. The van der Waals surface area contributed by atoms with Gasteiger partial charge in [0.15, 0.2) is 0 Å². The molecule has 3 atom stereocenters. The SMILES string of the molecule is O=c1cccc2n1C[C@@H]1C[C@H]2CN2CCCC[C@]12O. The molecular weight excluding hydrogens is 240 g/mol. The van der Waals surface area contributed by atoms with E-state index in [0.717, 1.165) is 38.0 Å².